The zero-order valence-electron chi connectivity index (χ0n) is 16.1. The van der Waals surface area contributed by atoms with E-state index in [2.05, 4.69) is 54.5 Å². The third-order valence-electron chi connectivity index (χ3n) is 5.28. The van der Waals surface area contributed by atoms with Gasteiger partial charge in [-0.2, -0.15) is 0 Å². The maximum Gasteiger partial charge on any atom is 0.142 e. The van der Waals surface area contributed by atoms with Crippen molar-refractivity contribution in [3.63, 3.8) is 0 Å². The molecule has 0 aromatic heterocycles. The molecule has 1 fully saturated rings. The second-order valence-electron chi connectivity index (χ2n) is 7.42. The fourth-order valence-electron chi connectivity index (χ4n) is 3.40. The maximum absolute atomic E-state index is 6.03. The van der Waals surface area contributed by atoms with E-state index >= 15 is 0 Å². The van der Waals surface area contributed by atoms with Gasteiger partial charge in [0, 0.05) is 5.02 Å². The smallest absolute Gasteiger partial charge is 0.142 e. The summed E-state index contributed by atoms with van der Waals surface area (Å²) in [5.74, 6) is 0.737. The Hall–Kier alpha value is -2.58. The number of hydrogen-bond acceptors (Lipinski definition) is 2. The summed E-state index contributed by atoms with van der Waals surface area (Å²) in [5, 5.41) is 5.26. The highest BCUT2D eigenvalue weighted by Crippen LogP contribution is 2.34. The number of benzene rings is 3. The first kappa shape index (κ1) is 18.8. The van der Waals surface area contributed by atoms with Crippen LogP contribution in [0, 0.1) is 12.8 Å². The molecule has 0 N–H and O–H groups in total. The summed E-state index contributed by atoms with van der Waals surface area (Å²) in [7, 11) is 0. The summed E-state index contributed by atoms with van der Waals surface area (Å²) in [6.07, 6.45) is 3.53. The highest BCUT2D eigenvalue weighted by molar-refractivity contribution is 6.30. The second-order valence-corrected chi connectivity index (χ2v) is 7.86. The largest absolute Gasteiger partial charge is 0.391 e. The SMILES string of the molecule is Cc1c(CON=C(CC2CC2)c2ccc(Cl)cc2)cccc1-c1ccccc1. The lowest BCUT2D eigenvalue weighted by Crippen LogP contribution is -2.04. The average molecular weight is 390 g/mol. The Bertz CT molecular complexity index is 960. The fraction of sp³-hybridized carbons (Fsp3) is 0.240. The average Bonchev–Trinajstić information content (AvgIpc) is 3.54. The molecule has 0 heterocycles. The molecule has 0 aliphatic heterocycles. The third-order valence-corrected chi connectivity index (χ3v) is 5.53. The van der Waals surface area contributed by atoms with Crippen molar-refractivity contribution < 1.29 is 4.84 Å². The first-order chi connectivity index (χ1) is 13.7. The zero-order chi connectivity index (χ0) is 19.3. The van der Waals surface area contributed by atoms with E-state index in [4.69, 9.17) is 16.4 Å². The molecule has 1 aliphatic carbocycles. The minimum Gasteiger partial charge on any atom is -0.391 e. The van der Waals surface area contributed by atoms with E-state index < -0.39 is 0 Å². The van der Waals surface area contributed by atoms with Gasteiger partial charge < -0.3 is 4.84 Å². The van der Waals surface area contributed by atoms with Crippen LogP contribution in [0.3, 0.4) is 0 Å². The van der Waals surface area contributed by atoms with Crippen molar-refractivity contribution in [1.82, 2.24) is 0 Å². The molecule has 1 aliphatic rings. The predicted molar refractivity (Wildman–Crippen MR) is 117 cm³/mol. The van der Waals surface area contributed by atoms with Gasteiger partial charge in [-0.15, -0.1) is 0 Å². The number of rotatable bonds is 7. The van der Waals surface area contributed by atoms with Gasteiger partial charge >= 0.3 is 0 Å². The molecule has 0 unspecified atom stereocenters. The summed E-state index contributed by atoms with van der Waals surface area (Å²) in [5.41, 5.74) is 6.95. The Morgan fingerprint density at radius 3 is 2.43 bits per heavy atom. The van der Waals surface area contributed by atoms with E-state index in [1.807, 2.05) is 30.3 Å². The van der Waals surface area contributed by atoms with Crippen LogP contribution in [-0.4, -0.2) is 5.71 Å². The van der Waals surface area contributed by atoms with Gasteiger partial charge in [-0.1, -0.05) is 77.4 Å². The number of halogens is 1. The van der Waals surface area contributed by atoms with Crippen molar-refractivity contribution in [2.45, 2.75) is 32.8 Å². The molecule has 142 valence electrons. The molecule has 28 heavy (non-hydrogen) atoms. The van der Waals surface area contributed by atoms with E-state index in [1.54, 1.807) is 0 Å². The maximum atomic E-state index is 6.03. The van der Waals surface area contributed by atoms with Gasteiger partial charge in [0.2, 0.25) is 0 Å². The number of hydrogen-bond donors (Lipinski definition) is 0. The normalized spacial score (nSPS) is 14.1. The summed E-state index contributed by atoms with van der Waals surface area (Å²) in [6, 6.07) is 24.7. The van der Waals surface area contributed by atoms with Crippen LogP contribution in [0.2, 0.25) is 5.02 Å². The van der Waals surface area contributed by atoms with Gasteiger partial charge in [0.25, 0.3) is 0 Å². The highest BCUT2D eigenvalue weighted by Gasteiger charge is 2.24. The minimum atomic E-state index is 0.467. The molecule has 0 bridgehead atoms. The lowest BCUT2D eigenvalue weighted by Gasteiger charge is -2.12. The van der Waals surface area contributed by atoms with Crippen molar-refractivity contribution in [3.8, 4) is 11.1 Å². The number of nitrogens with zero attached hydrogens (tertiary/aromatic N) is 1. The Balaban J connectivity index is 1.51. The van der Waals surface area contributed by atoms with Crippen LogP contribution in [-0.2, 0) is 11.4 Å². The van der Waals surface area contributed by atoms with E-state index in [0.29, 0.717) is 6.61 Å². The van der Waals surface area contributed by atoms with Crippen LogP contribution in [0.25, 0.3) is 11.1 Å². The molecule has 1 saturated carbocycles. The Morgan fingerprint density at radius 1 is 0.964 bits per heavy atom. The molecule has 3 heteroatoms. The fourth-order valence-corrected chi connectivity index (χ4v) is 3.52. The number of oxime groups is 1. The predicted octanol–water partition coefficient (Wildman–Crippen LogP) is 7.04. The second kappa shape index (κ2) is 8.62. The monoisotopic (exact) mass is 389 g/mol. The summed E-state index contributed by atoms with van der Waals surface area (Å²) < 4.78 is 0. The van der Waals surface area contributed by atoms with Crippen LogP contribution in [0.5, 0.6) is 0 Å². The van der Waals surface area contributed by atoms with E-state index in [0.717, 1.165) is 34.2 Å². The molecule has 0 spiro atoms. The molecule has 2 nitrogen and oxygen atoms in total. The Labute approximate surface area is 171 Å². The van der Waals surface area contributed by atoms with Crippen LogP contribution in [0.1, 0.15) is 36.0 Å². The molecule has 3 aromatic carbocycles. The summed E-state index contributed by atoms with van der Waals surface area (Å²) in [6.45, 7) is 2.61. The molecule has 3 aromatic rings. The highest BCUT2D eigenvalue weighted by atomic mass is 35.5. The van der Waals surface area contributed by atoms with Crippen LogP contribution in [0.15, 0.2) is 78.0 Å². The quantitative estimate of drug-likeness (QED) is 0.313. The van der Waals surface area contributed by atoms with Crippen molar-refractivity contribution in [1.29, 1.82) is 0 Å². The van der Waals surface area contributed by atoms with E-state index in [9.17, 15) is 0 Å². The van der Waals surface area contributed by atoms with Gasteiger partial charge in [0.15, 0.2) is 0 Å². The summed E-state index contributed by atoms with van der Waals surface area (Å²) in [4.78, 5) is 5.82. The first-order valence-corrected chi connectivity index (χ1v) is 10.2. The molecule has 0 saturated heterocycles. The standard InChI is InChI=1S/C25H24ClNO/c1-18-22(8-5-9-24(18)20-6-3-2-4-7-20)17-28-27-25(16-19-10-11-19)21-12-14-23(26)15-13-21/h2-9,12-15,19H,10-11,16-17H2,1H3. The van der Waals surface area contributed by atoms with Crippen LogP contribution in [0.4, 0.5) is 0 Å². The first-order valence-electron chi connectivity index (χ1n) is 9.79. The molecular formula is C25H24ClNO. The van der Waals surface area contributed by atoms with Crippen molar-refractivity contribution in [2.24, 2.45) is 11.1 Å². The van der Waals surface area contributed by atoms with E-state index in [-0.39, 0.29) is 0 Å². The Morgan fingerprint density at radius 2 is 1.71 bits per heavy atom. The van der Waals surface area contributed by atoms with Gasteiger partial charge in [-0.25, -0.2) is 0 Å². The molecule has 0 radical (unpaired) electrons. The molecule has 0 atom stereocenters. The molecule has 0 amide bonds. The van der Waals surface area contributed by atoms with E-state index in [1.165, 1.54) is 29.5 Å². The Kier molecular flexibility index (Phi) is 5.78. The van der Waals surface area contributed by atoms with Crippen molar-refractivity contribution >= 4 is 17.3 Å². The molecule has 4 rings (SSSR count). The topological polar surface area (TPSA) is 21.6 Å². The van der Waals surface area contributed by atoms with Gasteiger partial charge in [0.05, 0.1) is 5.71 Å². The van der Waals surface area contributed by atoms with Crippen LogP contribution < -0.4 is 0 Å². The van der Waals surface area contributed by atoms with Crippen molar-refractivity contribution in [3.05, 3.63) is 94.5 Å². The zero-order valence-corrected chi connectivity index (χ0v) is 16.8. The lowest BCUT2D eigenvalue weighted by atomic mass is 9.97. The van der Waals surface area contributed by atoms with Gasteiger partial charge in [0.1, 0.15) is 6.61 Å². The minimum absolute atomic E-state index is 0.467. The third kappa shape index (κ3) is 4.63. The van der Waals surface area contributed by atoms with Gasteiger partial charge in [-0.3, -0.25) is 0 Å². The van der Waals surface area contributed by atoms with Crippen LogP contribution >= 0.6 is 11.6 Å². The molecular weight excluding hydrogens is 366 g/mol. The van der Waals surface area contributed by atoms with Crippen molar-refractivity contribution in [2.75, 3.05) is 0 Å². The van der Waals surface area contributed by atoms with Gasteiger partial charge in [-0.05, 0) is 72.1 Å². The summed E-state index contributed by atoms with van der Waals surface area (Å²) >= 11 is 6.03. The lowest BCUT2D eigenvalue weighted by molar-refractivity contribution is 0.129.